The van der Waals surface area contributed by atoms with E-state index in [1.54, 1.807) is 173 Å². The molecule has 0 fully saturated rings. The van der Waals surface area contributed by atoms with Gasteiger partial charge in [0, 0.05) is 157 Å². The average Bonchev–Trinajstić information content (AvgIpc) is 0.753. The number of hydrogen-bond donors (Lipinski definition) is 0. The number of carbonyl (C=O) groups excluding carboxylic acids is 2. The highest BCUT2D eigenvalue weighted by Gasteiger charge is 2.33. The number of nitrogens with zero attached hydrogens (tertiary/aromatic N) is 20. The Bertz CT molecular complexity index is 5160. The van der Waals surface area contributed by atoms with E-state index in [2.05, 4.69) is 23.7 Å². The molecule has 0 heterocycles. The van der Waals surface area contributed by atoms with Crippen LogP contribution in [0.15, 0.2) is 166 Å². The smallest absolute Gasteiger partial charge is 0.337 e. The Hall–Kier alpha value is -17.7. The number of benzene rings is 6. The molecule has 24 heteroatoms. The van der Waals surface area contributed by atoms with E-state index in [1.807, 2.05) is 48.6 Å². The minimum Gasteiger partial charge on any atom is -0.465 e. The van der Waals surface area contributed by atoms with Crippen LogP contribution in [0.1, 0.15) is 76.4 Å². The van der Waals surface area contributed by atoms with Crippen LogP contribution in [0.25, 0.3) is 44.6 Å². The zero-order valence-electron chi connectivity index (χ0n) is 59.1. The summed E-state index contributed by atoms with van der Waals surface area (Å²) in [7, 11) is 15.6. The summed E-state index contributed by atoms with van der Waals surface area (Å²) in [6, 6.07) is 57.2. The summed E-state index contributed by atoms with van der Waals surface area (Å²) in [5.41, 5.74) is -12.8. The summed E-state index contributed by atoms with van der Waals surface area (Å²) >= 11 is 0. The molecular weight excluding hydrogens is 1350 g/mol. The molecule has 0 aliphatic heterocycles. The molecule has 0 spiro atoms. The van der Waals surface area contributed by atoms with Crippen molar-refractivity contribution < 1.29 is 19.1 Å². The van der Waals surface area contributed by atoms with Gasteiger partial charge in [-0.3, -0.25) is 0 Å². The summed E-state index contributed by atoms with van der Waals surface area (Å²) in [4.78, 5) is 35.7. The lowest BCUT2D eigenvalue weighted by Gasteiger charge is -2.22. The quantitative estimate of drug-likeness (QED) is 0.0334. The van der Waals surface area contributed by atoms with E-state index < -0.39 is 146 Å². The Labute approximate surface area is 623 Å². The molecule has 6 aromatic rings. The number of ether oxygens (including phenoxy) is 2. The zero-order valence-corrected chi connectivity index (χ0v) is 59.1. The van der Waals surface area contributed by atoms with Gasteiger partial charge >= 0.3 is 11.9 Å². The molecular formula is C84H50N20O4. The minimum atomic E-state index is -1.19. The van der Waals surface area contributed by atoms with Gasteiger partial charge in [-0.25, -0.2) is 9.59 Å². The summed E-state index contributed by atoms with van der Waals surface area (Å²) in [5.74, 6) is 8.69. The second-order valence-corrected chi connectivity index (χ2v) is 22.9. The monoisotopic (exact) mass is 1400 g/mol. The molecule has 6 rings (SSSR count). The van der Waals surface area contributed by atoms with Gasteiger partial charge in [-0.1, -0.05) is 60.4 Å². The minimum absolute atomic E-state index is 0.00818. The molecule has 0 bridgehead atoms. The highest BCUT2D eigenvalue weighted by molar-refractivity contribution is 6.19. The Balaban J connectivity index is 2.16. The van der Waals surface area contributed by atoms with Gasteiger partial charge in [0.1, 0.15) is 142 Å². The van der Waals surface area contributed by atoms with Crippen molar-refractivity contribution in [1.29, 1.82) is 84.2 Å². The number of anilines is 4. The fourth-order valence-electron chi connectivity index (χ4n) is 11.0. The van der Waals surface area contributed by atoms with Crippen molar-refractivity contribution in [1.82, 2.24) is 0 Å². The summed E-state index contributed by atoms with van der Waals surface area (Å²) in [5, 5.41) is 177. The van der Waals surface area contributed by atoms with Gasteiger partial charge < -0.3 is 29.1 Å². The van der Waals surface area contributed by atoms with Crippen LogP contribution < -0.4 is 19.6 Å². The molecule has 0 radical (unpaired) electrons. The molecule has 0 N–H and O–H groups in total. The molecule has 6 aromatic carbocycles. The van der Waals surface area contributed by atoms with Crippen molar-refractivity contribution in [3.05, 3.63) is 233 Å². The molecule has 0 unspecified atom stereocenters. The van der Waals surface area contributed by atoms with Crippen molar-refractivity contribution in [3.63, 3.8) is 0 Å². The van der Waals surface area contributed by atoms with Crippen LogP contribution in [-0.2, 0) is 9.47 Å². The van der Waals surface area contributed by atoms with Crippen LogP contribution in [-0.4, -0.2) is 82.5 Å². The van der Waals surface area contributed by atoms with E-state index in [0.29, 0.717) is 22.7 Å². The molecule has 510 valence electrons. The van der Waals surface area contributed by atoms with Crippen molar-refractivity contribution in [2.45, 2.75) is 0 Å². The molecule has 0 atom stereocenters. The maximum absolute atomic E-state index is 14.4. The third-order valence-corrected chi connectivity index (χ3v) is 16.1. The first kappa shape index (κ1) is 79.3. The zero-order chi connectivity index (χ0) is 79.6. The fourth-order valence-corrected chi connectivity index (χ4v) is 11.0. The first-order valence-electron chi connectivity index (χ1n) is 31.0. The van der Waals surface area contributed by atoms with Crippen molar-refractivity contribution in [3.8, 4) is 121 Å². The highest BCUT2D eigenvalue weighted by atomic mass is 16.5. The van der Waals surface area contributed by atoms with E-state index >= 15 is 0 Å². The van der Waals surface area contributed by atoms with Crippen LogP contribution in [0.2, 0.25) is 0 Å². The van der Waals surface area contributed by atoms with Crippen molar-refractivity contribution in [2.24, 2.45) is 0 Å². The lowest BCUT2D eigenvalue weighted by Crippen LogP contribution is -2.11. The second-order valence-electron chi connectivity index (χ2n) is 22.9. The first-order chi connectivity index (χ1) is 52.0. The van der Waals surface area contributed by atoms with Crippen LogP contribution in [0.5, 0.6) is 0 Å². The van der Waals surface area contributed by atoms with E-state index in [-0.39, 0.29) is 22.3 Å². The van der Waals surface area contributed by atoms with Gasteiger partial charge in [0.15, 0.2) is 0 Å². The summed E-state index contributed by atoms with van der Waals surface area (Å²) < 4.78 is 10.5. The Kier molecular flexibility index (Phi) is 26.8. The van der Waals surface area contributed by atoms with Crippen molar-refractivity contribution in [2.75, 3.05) is 90.2 Å². The van der Waals surface area contributed by atoms with Crippen LogP contribution in [0.4, 0.5) is 22.7 Å². The number of carbonyl (C=O) groups is 2. The lowest BCUT2D eigenvalue weighted by atomic mass is 9.78. The maximum atomic E-state index is 14.4. The number of allylic oxidation sites excluding steroid dienone is 16. The number of methoxy groups -OCH3 is 2. The standard InChI is InChI=1S/C84H50N20O4/c1-101(2)65-23-15-51(16-24-65)75(57(35-85)36-86)79(61(43-93)44-94)71-31-55(83(105)107-9)32-72(80(62(45-95)46-96)76(58(37-87)38-88)52-17-25-66(26-18-52)102(3)4)69(71)13-11-12-14-70-73(81(63(47-97)48-98)77(59(39-89)40-90)53-19-27-67(28-20-53)103(5)6)33-56(84(106)108-10)34-74(70)82(64(49-99)50-100)78(60(41-91)42-92)54-21-29-68(30-22-54)104(7)8/h15-34H,1-10H3. The highest BCUT2D eigenvalue weighted by Crippen LogP contribution is 2.47. The van der Waals surface area contributed by atoms with Gasteiger partial charge in [-0.05, 0) is 107 Å². The average molecular weight is 1400 g/mol. The Morgan fingerprint density at radius 3 is 0.546 bits per heavy atom. The molecule has 0 saturated heterocycles. The van der Waals surface area contributed by atoms with Crippen LogP contribution in [0.3, 0.4) is 0 Å². The molecule has 24 nitrogen and oxygen atoms in total. The summed E-state index contributed by atoms with van der Waals surface area (Å²) in [6.45, 7) is 0. The SMILES string of the molecule is COC(=O)c1cc(C(=C(C#N)C#N)C(=C(C#N)C#N)c2ccc(N(C)C)cc2)c(C#CC#Cc2c(C(=C(C#N)C#N)C(=C(C#N)C#N)c3ccc(N(C)C)cc3)cc(C(=O)OC)cc2C(=C(C#N)C#N)C(=C(C#N)C#N)c2ccc(N(C)C)cc2)c(C(=C(C#N)C#N)C(=C(C#N)C#N)c2ccc(N(C)C)cc2)c1. The van der Waals surface area contributed by atoms with Gasteiger partial charge in [-0.2, -0.15) is 84.2 Å². The fraction of sp³-hybridized carbons (Fsp3) is 0.119. The first-order valence-corrected chi connectivity index (χ1v) is 31.0. The van der Waals surface area contributed by atoms with E-state index in [0.717, 1.165) is 38.5 Å². The number of hydrogen-bond acceptors (Lipinski definition) is 24. The molecule has 0 aromatic heterocycles. The number of esters is 2. The normalized spacial score (nSPS) is 9.17. The van der Waals surface area contributed by atoms with Crippen LogP contribution >= 0.6 is 0 Å². The second kappa shape index (κ2) is 36.4. The third kappa shape index (κ3) is 16.6. The Morgan fingerprint density at radius 2 is 0.407 bits per heavy atom. The number of nitriles is 16. The van der Waals surface area contributed by atoms with Gasteiger partial charge in [-0.15, -0.1) is 0 Å². The number of rotatable bonds is 18. The predicted octanol–water partition coefficient (Wildman–Crippen LogP) is 12.1. The van der Waals surface area contributed by atoms with Crippen molar-refractivity contribution >= 4 is 79.3 Å². The van der Waals surface area contributed by atoms with Gasteiger partial charge in [0.2, 0.25) is 0 Å². The summed E-state index contributed by atoms with van der Waals surface area (Å²) in [6.07, 6.45) is 0. The van der Waals surface area contributed by atoms with E-state index in [9.17, 15) is 93.8 Å². The Morgan fingerprint density at radius 1 is 0.250 bits per heavy atom. The van der Waals surface area contributed by atoms with E-state index in [4.69, 9.17) is 9.47 Å². The third-order valence-electron chi connectivity index (χ3n) is 16.1. The van der Waals surface area contributed by atoms with E-state index in [1.165, 1.54) is 48.5 Å². The lowest BCUT2D eigenvalue weighted by molar-refractivity contribution is 0.0592. The maximum Gasteiger partial charge on any atom is 0.337 e. The van der Waals surface area contributed by atoms with Gasteiger partial charge in [0.05, 0.1) is 25.3 Å². The molecule has 0 saturated carbocycles. The van der Waals surface area contributed by atoms with Crippen LogP contribution in [0, 0.1) is 205 Å². The topological polar surface area (TPSA) is 446 Å². The van der Waals surface area contributed by atoms with Gasteiger partial charge in [0.25, 0.3) is 0 Å². The predicted molar refractivity (Wildman–Crippen MR) is 398 cm³/mol. The molecule has 0 amide bonds. The molecule has 0 aliphatic rings. The molecule has 0 aliphatic carbocycles. The largest absolute Gasteiger partial charge is 0.465 e. The molecule has 108 heavy (non-hydrogen) atoms.